The van der Waals surface area contributed by atoms with E-state index in [4.69, 9.17) is 16.6 Å². The monoisotopic (exact) mass is 384 g/mol. The van der Waals surface area contributed by atoms with Crippen molar-refractivity contribution in [3.05, 3.63) is 77.8 Å². The van der Waals surface area contributed by atoms with Crippen molar-refractivity contribution < 1.29 is 0 Å². The van der Waals surface area contributed by atoms with Crippen LogP contribution in [0.3, 0.4) is 0 Å². The van der Waals surface area contributed by atoms with E-state index in [1.54, 1.807) is 11.3 Å². The van der Waals surface area contributed by atoms with Crippen molar-refractivity contribution in [2.24, 2.45) is 0 Å². The van der Waals surface area contributed by atoms with Crippen LogP contribution >= 0.6 is 22.9 Å². The molecule has 3 heterocycles. The van der Waals surface area contributed by atoms with Crippen LogP contribution in [0.5, 0.6) is 0 Å². The second-order valence-electron chi connectivity index (χ2n) is 6.67. The zero-order valence-corrected chi connectivity index (χ0v) is 15.7. The first-order valence-electron chi connectivity index (χ1n) is 8.77. The van der Waals surface area contributed by atoms with Crippen molar-refractivity contribution in [3.63, 3.8) is 0 Å². The quantitative estimate of drug-likeness (QED) is 0.314. The zero-order valence-electron chi connectivity index (χ0n) is 14.2. The third-order valence-electron chi connectivity index (χ3n) is 5.09. The van der Waals surface area contributed by atoms with Crippen LogP contribution in [0.4, 0.5) is 0 Å². The summed E-state index contributed by atoms with van der Waals surface area (Å²) in [6, 6.07) is 24.8. The first-order valence-corrected chi connectivity index (χ1v) is 9.96. The maximum Gasteiger partial charge on any atom is 0.102 e. The number of aromatic nitrogens is 2. The molecule has 0 radical (unpaired) electrons. The van der Waals surface area contributed by atoms with Gasteiger partial charge in [0, 0.05) is 37.6 Å². The Morgan fingerprint density at radius 2 is 1.52 bits per heavy atom. The number of pyridine rings is 1. The minimum atomic E-state index is 0.736. The van der Waals surface area contributed by atoms with Gasteiger partial charge in [-0.05, 0) is 24.3 Å². The fourth-order valence-corrected chi connectivity index (χ4v) is 5.27. The third-order valence-corrected chi connectivity index (χ3v) is 6.46. The van der Waals surface area contributed by atoms with E-state index >= 15 is 0 Å². The van der Waals surface area contributed by atoms with Gasteiger partial charge in [0.15, 0.2) is 0 Å². The highest BCUT2D eigenvalue weighted by atomic mass is 35.5. The Labute approximate surface area is 164 Å². The lowest BCUT2D eigenvalue weighted by atomic mass is 10.0. The SMILES string of the molecule is Clc1ccc(-c2nc3ccccc3c3c2sc2[nH]c4ccccc4c23)cc1. The molecule has 6 aromatic rings. The van der Waals surface area contributed by atoms with Crippen molar-refractivity contribution in [3.8, 4) is 11.3 Å². The highest BCUT2D eigenvalue weighted by Gasteiger charge is 2.18. The van der Waals surface area contributed by atoms with Gasteiger partial charge in [-0.2, -0.15) is 0 Å². The minimum absolute atomic E-state index is 0.736. The van der Waals surface area contributed by atoms with E-state index in [1.165, 1.54) is 36.6 Å². The summed E-state index contributed by atoms with van der Waals surface area (Å²) < 4.78 is 1.21. The van der Waals surface area contributed by atoms with Gasteiger partial charge in [0.1, 0.15) is 4.83 Å². The number of benzene rings is 3. The summed E-state index contributed by atoms with van der Waals surface area (Å²) in [4.78, 5) is 9.80. The Balaban J connectivity index is 1.86. The van der Waals surface area contributed by atoms with Gasteiger partial charge in [0.25, 0.3) is 0 Å². The number of nitrogens with one attached hydrogen (secondary N) is 1. The Morgan fingerprint density at radius 1 is 0.778 bits per heavy atom. The molecule has 0 fully saturated rings. The summed E-state index contributed by atoms with van der Waals surface area (Å²) >= 11 is 7.88. The van der Waals surface area contributed by atoms with Gasteiger partial charge < -0.3 is 4.98 Å². The number of nitrogens with zero attached hydrogens (tertiary/aromatic N) is 1. The number of hydrogen-bond donors (Lipinski definition) is 1. The molecule has 0 aliphatic carbocycles. The minimum Gasteiger partial charge on any atom is -0.346 e. The van der Waals surface area contributed by atoms with Crippen LogP contribution in [-0.4, -0.2) is 9.97 Å². The van der Waals surface area contributed by atoms with Gasteiger partial charge in [0.2, 0.25) is 0 Å². The average molecular weight is 385 g/mol. The summed E-state index contributed by atoms with van der Waals surface area (Å²) in [5.74, 6) is 0. The molecule has 3 aromatic heterocycles. The molecule has 128 valence electrons. The van der Waals surface area contributed by atoms with Gasteiger partial charge >= 0.3 is 0 Å². The molecule has 0 spiro atoms. The second-order valence-corrected chi connectivity index (χ2v) is 8.12. The summed E-state index contributed by atoms with van der Waals surface area (Å²) in [6.07, 6.45) is 0. The van der Waals surface area contributed by atoms with Crippen LogP contribution in [0.2, 0.25) is 5.02 Å². The molecule has 0 atom stereocenters. The maximum absolute atomic E-state index is 6.10. The number of H-pyrrole nitrogens is 1. The molecule has 2 nitrogen and oxygen atoms in total. The molecular formula is C23H13ClN2S. The van der Waals surface area contributed by atoms with E-state index in [1.807, 2.05) is 30.3 Å². The first kappa shape index (κ1) is 15.2. The molecule has 0 aliphatic heterocycles. The van der Waals surface area contributed by atoms with Crippen molar-refractivity contribution in [2.75, 3.05) is 0 Å². The van der Waals surface area contributed by atoms with Crippen LogP contribution in [0.1, 0.15) is 0 Å². The number of thiophene rings is 1. The smallest absolute Gasteiger partial charge is 0.102 e. The highest BCUT2D eigenvalue weighted by molar-refractivity contribution is 7.26. The molecule has 6 rings (SSSR count). The van der Waals surface area contributed by atoms with Gasteiger partial charge in [0.05, 0.1) is 15.9 Å². The molecule has 0 unspecified atom stereocenters. The van der Waals surface area contributed by atoms with E-state index in [0.29, 0.717) is 0 Å². The van der Waals surface area contributed by atoms with Crippen molar-refractivity contribution >= 4 is 65.0 Å². The predicted molar refractivity (Wildman–Crippen MR) is 117 cm³/mol. The lowest BCUT2D eigenvalue weighted by Crippen LogP contribution is -1.87. The molecule has 3 aromatic carbocycles. The summed E-state index contributed by atoms with van der Waals surface area (Å²) in [7, 11) is 0. The number of hydrogen-bond acceptors (Lipinski definition) is 2. The molecule has 0 amide bonds. The molecule has 4 heteroatoms. The Morgan fingerprint density at radius 3 is 2.37 bits per heavy atom. The van der Waals surface area contributed by atoms with Gasteiger partial charge in [-0.3, -0.25) is 0 Å². The first-order chi connectivity index (χ1) is 13.3. The lowest BCUT2D eigenvalue weighted by Gasteiger charge is -2.07. The Kier molecular flexibility index (Phi) is 3.13. The van der Waals surface area contributed by atoms with Crippen LogP contribution in [-0.2, 0) is 0 Å². The van der Waals surface area contributed by atoms with Gasteiger partial charge in [-0.1, -0.05) is 60.1 Å². The Hall–Kier alpha value is -2.88. The van der Waals surface area contributed by atoms with Crippen molar-refractivity contribution in [1.82, 2.24) is 9.97 Å². The third kappa shape index (κ3) is 2.16. The molecule has 0 saturated heterocycles. The van der Waals surface area contributed by atoms with Crippen LogP contribution in [0, 0.1) is 0 Å². The van der Waals surface area contributed by atoms with Crippen molar-refractivity contribution in [1.29, 1.82) is 0 Å². The normalized spacial score (nSPS) is 11.9. The Bertz CT molecular complexity index is 1480. The lowest BCUT2D eigenvalue weighted by molar-refractivity contribution is 1.44. The maximum atomic E-state index is 6.10. The molecular weight excluding hydrogens is 372 g/mol. The second kappa shape index (κ2) is 5.56. The average Bonchev–Trinajstić information content (AvgIpc) is 3.24. The number of rotatable bonds is 1. The van der Waals surface area contributed by atoms with Gasteiger partial charge in [-0.25, -0.2) is 4.98 Å². The van der Waals surface area contributed by atoms with Crippen LogP contribution in [0.15, 0.2) is 72.8 Å². The predicted octanol–water partition coefficient (Wildman–Crippen LogP) is 7.40. The van der Waals surface area contributed by atoms with Crippen LogP contribution < -0.4 is 0 Å². The fraction of sp³-hybridized carbons (Fsp3) is 0. The van der Waals surface area contributed by atoms with Gasteiger partial charge in [-0.15, -0.1) is 11.3 Å². The topological polar surface area (TPSA) is 28.7 Å². The van der Waals surface area contributed by atoms with E-state index in [2.05, 4.69) is 47.4 Å². The highest BCUT2D eigenvalue weighted by Crippen LogP contribution is 2.45. The molecule has 0 bridgehead atoms. The molecule has 1 N–H and O–H groups in total. The van der Waals surface area contributed by atoms with E-state index in [0.717, 1.165) is 21.8 Å². The largest absolute Gasteiger partial charge is 0.346 e. The zero-order chi connectivity index (χ0) is 18.0. The molecule has 27 heavy (non-hydrogen) atoms. The van der Waals surface area contributed by atoms with E-state index in [9.17, 15) is 0 Å². The number of aromatic amines is 1. The molecule has 0 aliphatic rings. The summed E-state index contributed by atoms with van der Waals surface area (Å²) in [6.45, 7) is 0. The van der Waals surface area contributed by atoms with Crippen molar-refractivity contribution in [2.45, 2.75) is 0 Å². The summed E-state index contributed by atoms with van der Waals surface area (Å²) in [5.41, 5.74) is 4.29. The molecule has 0 saturated carbocycles. The summed E-state index contributed by atoms with van der Waals surface area (Å²) in [5, 5.41) is 5.76. The number of para-hydroxylation sites is 2. The number of fused-ring (bicyclic) bond motifs is 7. The standard InChI is InChI=1S/C23H13ClN2S/c24-14-11-9-13(10-12-14)21-22-19(15-5-1-3-7-17(15)25-21)20-16-6-2-4-8-18(16)26-23(20)27-22/h1-12,26H. The van der Waals surface area contributed by atoms with E-state index < -0.39 is 0 Å². The van der Waals surface area contributed by atoms with E-state index in [-0.39, 0.29) is 0 Å². The fourth-order valence-electron chi connectivity index (χ4n) is 3.89. The number of halogens is 1. The van der Waals surface area contributed by atoms with Crippen LogP contribution in [0.25, 0.3) is 53.4 Å².